The molecule has 1 saturated heterocycles. The minimum atomic E-state index is 0.0219. The predicted molar refractivity (Wildman–Crippen MR) is 90.5 cm³/mol. The quantitative estimate of drug-likeness (QED) is 0.943. The molecule has 1 fully saturated rings. The van der Waals surface area contributed by atoms with E-state index in [4.69, 9.17) is 0 Å². The molecular formula is C18H22N4O. The third-order valence-corrected chi connectivity index (χ3v) is 4.21. The van der Waals surface area contributed by atoms with Crippen molar-refractivity contribution in [3.63, 3.8) is 0 Å². The van der Waals surface area contributed by atoms with Crippen LogP contribution in [0.15, 0.2) is 42.7 Å². The fourth-order valence-corrected chi connectivity index (χ4v) is 3.03. The molecule has 0 spiro atoms. The molecule has 5 nitrogen and oxygen atoms in total. The number of rotatable bonds is 4. The van der Waals surface area contributed by atoms with Gasteiger partial charge in [-0.25, -0.2) is 9.97 Å². The van der Waals surface area contributed by atoms with Crippen LogP contribution in [-0.2, 0) is 0 Å². The lowest BCUT2D eigenvalue weighted by molar-refractivity contribution is 0.0706. The molecule has 1 aromatic carbocycles. The second kappa shape index (κ2) is 7.22. The predicted octanol–water partition coefficient (Wildman–Crippen LogP) is 2.93. The number of anilines is 1. The second-order valence-corrected chi connectivity index (χ2v) is 5.83. The van der Waals surface area contributed by atoms with Gasteiger partial charge in [-0.05, 0) is 25.3 Å². The number of piperidine rings is 1. The average Bonchev–Trinajstić information content (AvgIpc) is 2.63. The average molecular weight is 310 g/mol. The zero-order valence-corrected chi connectivity index (χ0v) is 13.4. The Balaban J connectivity index is 1.69. The van der Waals surface area contributed by atoms with Gasteiger partial charge in [0.1, 0.15) is 0 Å². The van der Waals surface area contributed by atoms with Gasteiger partial charge in [-0.1, -0.05) is 30.3 Å². The van der Waals surface area contributed by atoms with Crippen molar-refractivity contribution >= 4 is 11.9 Å². The van der Waals surface area contributed by atoms with E-state index in [0.717, 1.165) is 32.5 Å². The normalized spacial score (nSPS) is 17.8. The highest BCUT2D eigenvalue weighted by atomic mass is 16.2. The molecule has 2 heterocycles. The smallest absolute Gasteiger partial charge is 0.257 e. The number of hydrogen-bond acceptors (Lipinski definition) is 4. The molecule has 0 saturated carbocycles. The van der Waals surface area contributed by atoms with Crippen molar-refractivity contribution in [2.24, 2.45) is 0 Å². The van der Waals surface area contributed by atoms with Gasteiger partial charge in [-0.2, -0.15) is 0 Å². The molecule has 1 aliphatic heterocycles. The number of benzene rings is 1. The minimum absolute atomic E-state index is 0.0219. The van der Waals surface area contributed by atoms with Crippen LogP contribution in [0.25, 0.3) is 0 Å². The van der Waals surface area contributed by atoms with Crippen LogP contribution in [-0.4, -0.2) is 40.4 Å². The van der Waals surface area contributed by atoms with E-state index in [2.05, 4.69) is 39.6 Å². The van der Waals surface area contributed by atoms with Gasteiger partial charge < -0.3 is 10.2 Å². The summed E-state index contributed by atoms with van der Waals surface area (Å²) in [6.45, 7) is 4.31. The highest BCUT2D eigenvalue weighted by Gasteiger charge is 2.25. The Morgan fingerprint density at radius 2 is 2.00 bits per heavy atom. The Morgan fingerprint density at radius 3 is 2.70 bits per heavy atom. The SMILES string of the molecule is CCNc1ncc(C(=O)N2CCCC(c3ccccc3)C2)cn1. The van der Waals surface area contributed by atoms with Gasteiger partial charge in [0.15, 0.2) is 0 Å². The zero-order valence-electron chi connectivity index (χ0n) is 13.4. The van der Waals surface area contributed by atoms with Crippen LogP contribution < -0.4 is 5.32 Å². The van der Waals surface area contributed by atoms with E-state index in [-0.39, 0.29) is 5.91 Å². The third-order valence-electron chi connectivity index (χ3n) is 4.21. The number of likely N-dealkylation sites (tertiary alicyclic amines) is 1. The van der Waals surface area contributed by atoms with Crippen molar-refractivity contribution in [3.8, 4) is 0 Å². The maximum absolute atomic E-state index is 12.7. The first-order valence-electron chi connectivity index (χ1n) is 8.18. The maximum Gasteiger partial charge on any atom is 0.257 e. The largest absolute Gasteiger partial charge is 0.355 e. The standard InChI is InChI=1S/C18H22N4O/c1-2-19-18-20-11-16(12-21-18)17(23)22-10-6-9-15(13-22)14-7-4-3-5-8-14/h3-5,7-8,11-12,15H,2,6,9-10,13H2,1H3,(H,19,20,21). The summed E-state index contributed by atoms with van der Waals surface area (Å²) in [6.07, 6.45) is 5.38. The molecule has 23 heavy (non-hydrogen) atoms. The van der Waals surface area contributed by atoms with E-state index in [9.17, 15) is 4.79 Å². The lowest BCUT2D eigenvalue weighted by atomic mass is 9.90. The lowest BCUT2D eigenvalue weighted by Gasteiger charge is -2.33. The Morgan fingerprint density at radius 1 is 1.26 bits per heavy atom. The highest BCUT2D eigenvalue weighted by Crippen LogP contribution is 2.27. The molecule has 1 atom stereocenters. The first-order chi connectivity index (χ1) is 11.3. The first kappa shape index (κ1) is 15.5. The number of carbonyl (C=O) groups is 1. The van der Waals surface area contributed by atoms with Gasteiger partial charge in [-0.3, -0.25) is 4.79 Å². The van der Waals surface area contributed by atoms with Gasteiger partial charge >= 0.3 is 0 Å². The van der Waals surface area contributed by atoms with E-state index in [1.165, 1.54) is 5.56 Å². The summed E-state index contributed by atoms with van der Waals surface area (Å²) in [6, 6.07) is 10.4. The zero-order chi connectivity index (χ0) is 16.1. The summed E-state index contributed by atoms with van der Waals surface area (Å²) in [5.74, 6) is 0.995. The summed E-state index contributed by atoms with van der Waals surface area (Å²) in [4.78, 5) is 23.0. The summed E-state index contributed by atoms with van der Waals surface area (Å²) in [5, 5.41) is 3.03. The van der Waals surface area contributed by atoms with Crippen molar-refractivity contribution in [3.05, 3.63) is 53.9 Å². The van der Waals surface area contributed by atoms with Crippen LogP contribution in [0.1, 0.15) is 41.6 Å². The van der Waals surface area contributed by atoms with Crippen molar-refractivity contribution in [1.82, 2.24) is 14.9 Å². The minimum Gasteiger partial charge on any atom is -0.355 e. The molecule has 0 radical (unpaired) electrons. The molecule has 120 valence electrons. The van der Waals surface area contributed by atoms with Crippen LogP contribution in [0, 0.1) is 0 Å². The van der Waals surface area contributed by atoms with E-state index >= 15 is 0 Å². The number of amides is 1. The van der Waals surface area contributed by atoms with Crippen LogP contribution in [0.2, 0.25) is 0 Å². The monoisotopic (exact) mass is 310 g/mol. The highest BCUT2D eigenvalue weighted by molar-refractivity contribution is 5.93. The Kier molecular flexibility index (Phi) is 4.86. The van der Waals surface area contributed by atoms with E-state index in [0.29, 0.717) is 17.4 Å². The van der Waals surface area contributed by atoms with Gasteiger partial charge in [0.25, 0.3) is 5.91 Å². The Labute approximate surface area is 136 Å². The summed E-state index contributed by atoms with van der Waals surface area (Å²) >= 11 is 0. The molecule has 1 aromatic heterocycles. The second-order valence-electron chi connectivity index (χ2n) is 5.83. The summed E-state index contributed by atoms with van der Waals surface area (Å²) < 4.78 is 0. The number of nitrogens with one attached hydrogen (secondary N) is 1. The van der Waals surface area contributed by atoms with E-state index in [1.54, 1.807) is 12.4 Å². The van der Waals surface area contributed by atoms with Gasteiger partial charge in [0.05, 0.1) is 5.56 Å². The topological polar surface area (TPSA) is 58.1 Å². The molecular weight excluding hydrogens is 288 g/mol. The number of hydrogen-bond donors (Lipinski definition) is 1. The number of carbonyl (C=O) groups excluding carboxylic acids is 1. The summed E-state index contributed by atoms with van der Waals surface area (Å²) in [7, 11) is 0. The molecule has 1 N–H and O–H groups in total. The lowest BCUT2D eigenvalue weighted by Crippen LogP contribution is -2.39. The summed E-state index contributed by atoms with van der Waals surface area (Å²) in [5.41, 5.74) is 1.86. The number of nitrogens with zero attached hydrogens (tertiary/aromatic N) is 3. The van der Waals surface area contributed by atoms with E-state index < -0.39 is 0 Å². The molecule has 1 aliphatic rings. The maximum atomic E-state index is 12.7. The third kappa shape index (κ3) is 3.67. The molecule has 3 rings (SSSR count). The van der Waals surface area contributed by atoms with Gasteiger partial charge in [0, 0.05) is 37.9 Å². The molecule has 1 unspecified atom stereocenters. The van der Waals surface area contributed by atoms with Crippen LogP contribution in [0.4, 0.5) is 5.95 Å². The van der Waals surface area contributed by atoms with Gasteiger partial charge in [-0.15, -0.1) is 0 Å². The Hall–Kier alpha value is -2.43. The molecule has 5 heteroatoms. The van der Waals surface area contributed by atoms with Gasteiger partial charge in [0.2, 0.25) is 5.95 Å². The van der Waals surface area contributed by atoms with Crippen LogP contribution >= 0.6 is 0 Å². The number of aromatic nitrogens is 2. The fraction of sp³-hybridized carbons (Fsp3) is 0.389. The Bertz CT molecular complexity index is 642. The van der Waals surface area contributed by atoms with E-state index in [1.807, 2.05) is 17.9 Å². The van der Waals surface area contributed by atoms with Crippen molar-refractivity contribution in [2.75, 3.05) is 25.0 Å². The molecule has 2 aromatic rings. The fourth-order valence-electron chi connectivity index (χ4n) is 3.03. The molecule has 1 amide bonds. The van der Waals surface area contributed by atoms with Crippen molar-refractivity contribution < 1.29 is 4.79 Å². The first-order valence-corrected chi connectivity index (χ1v) is 8.18. The van der Waals surface area contributed by atoms with Crippen LogP contribution in [0.5, 0.6) is 0 Å². The van der Waals surface area contributed by atoms with Crippen LogP contribution in [0.3, 0.4) is 0 Å². The molecule has 0 aliphatic carbocycles. The molecule has 0 bridgehead atoms. The van der Waals surface area contributed by atoms with Crippen molar-refractivity contribution in [1.29, 1.82) is 0 Å². The van der Waals surface area contributed by atoms with Crippen molar-refractivity contribution in [2.45, 2.75) is 25.7 Å².